The van der Waals surface area contributed by atoms with Crippen LogP contribution in [0.5, 0.6) is 5.75 Å². The molecule has 1 aliphatic carbocycles. The number of hydrogen-bond acceptors (Lipinski definition) is 6. The molecule has 0 aromatic heterocycles. The molecule has 2 N–H and O–H groups in total. The average Bonchev–Trinajstić information content (AvgIpc) is 3.04. The number of aliphatic hydroxyl groups excluding tert-OH is 2. The van der Waals surface area contributed by atoms with Crippen molar-refractivity contribution in [2.24, 2.45) is 11.8 Å². The summed E-state index contributed by atoms with van der Waals surface area (Å²) in [5, 5.41) is 20.4. The maximum Gasteiger partial charge on any atom is 0.416 e. The molecule has 0 aliphatic heterocycles. The molecule has 0 unspecified atom stereocenters. The van der Waals surface area contributed by atoms with E-state index in [0.29, 0.717) is 25.7 Å². The van der Waals surface area contributed by atoms with Gasteiger partial charge >= 0.3 is 12.1 Å². The van der Waals surface area contributed by atoms with Crippen LogP contribution in [0.15, 0.2) is 48.6 Å². The summed E-state index contributed by atoms with van der Waals surface area (Å²) in [6.07, 6.45) is 2.08. The van der Waals surface area contributed by atoms with Gasteiger partial charge in [0.2, 0.25) is 0 Å². The van der Waals surface area contributed by atoms with Gasteiger partial charge in [0, 0.05) is 24.7 Å². The summed E-state index contributed by atoms with van der Waals surface area (Å²) in [5.74, 6) is -1.28. The quantitative estimate of drug-likeness (QED) is 0.248. The molecule has 4 atom stereocenters. The number of carbonyl (C=O) groups excluding carboxylic acids is 2. The van der Waals surface area contributed by atoms with Gasteiger partial charge < -0.3 is 19.7 Å². The summed E-state index contributed by atoms with van der Waals surface area (Å²) in [6.45, 7) is 3.30. The number of hydrogen-bond donors (Lipinski definition) is 2. The molecule has 2 rings (SSSR count). The summed E-state index contributed by atoms with van der Waals surface area (Å²) >= 11 is 0. The average molecular weight is 499 g/mol. The van der Waals surface area contributed by atoms with E-state index in [1.165, 1.54) is 18.2 Å². The highest BCUT2D eigenvalue weighted by atomic mass is 19.4. The number of allylic oxidation sites excluding steroid dienone is 2. The van der Waals surface area contributed by atoms with E-state index in [9.17, 15) is 33.0 Å². The van der Waals surface area contributed by atoms with Crippen LogP contribution in [-0.2, 0) is 20.5 Å². The Bertz CT molecular complexity index is 893. The minimum absolute atomic E-state index is 0.0192. The van der Waals surface area contributed by atoms with Gasteiger partial charge in [0.05, 0.1) is 17.8 Å². The minimum Gasteiger partial charge on any atom is -0.491 e. The SMILES string of the molecule is CC(C)OC(=O)CCCC=CC[C@H]1C(=O)C[C@@H](O)[C@@H]1C=C[C@@H](O)COc1cccc(C(F)(F)F)c1. The number of rotatable bonds is 12. The summed E-state index contributed by atoms with van der Waals surface area (Å²) < 4.78 is 48.7. The summed E-state index contributed by atoms with van der Waals surface area (Å²) in [4.78, 5) is 23.8. The number of halogens is 3. The Morgan fingerprint density at radius 3 is 2.69 bits per heavy atom. The van der Waals surface area contributed by atoms with E-state index < -0.39 is 35.8 Å². The van der Waals surface area contributed by atoms with Gasteiger partial charge in [0.15, 0.2) is 0 Å². The van der Waals surface area contributed by atoms with Crippen LogP contribution in [-0.4, -0.2) is 46.9 Å². The van der Waals surface area contributed by atoms with Crippen molar-refractivity contribution in [3.8, 4) is 5.75 Å². The van der Waals surface area contributed by atoms with E-state index in [0.717, 1.165) is 12.1 Å². The fourth-order valence-corrected chi connectivity index (χ4v) is 3.83. The van der Waals surface area contributed by atoms with E-state index in [2.05, 4.69) is 0 Å². The van der Waals surface area contributed by atoms with Crippen molar-refractivity contribution >= 4 is 11.8 Å². The molecule has 0 amide bonds. The van der Waals surface area contributed by atoms with Crippen LogP contribution in [0.1, 0.15) is 51.5 Å². The lowest BCUT2D eigenvalue weighted by molar-refractivity contribution is -0.147. The molecule has 0 saturated heterocycles. The Hall–Kier alpha value is -2.65. The monoisotopic (exact) mass is 498 g/mol. The number of ether oxygens (including phenoxy) is 2. The molecule has 1 saturated carbocycles. The lowest BCUT2D eigenvalue weighted by atomic mass is 9.90. The van der Waals surface area contributed by atoms with Gasteiger partial charge in [-0.2, -0.15) is 13.2 Å². The highest BCUT2D eigenvalue weighted by Crippen LogP contribution is 2.34. The third-order valence-corrected chi connectivity index (χ3v) is 5.55. The van der Waals surface area contributed by atoms with Gasteiger partial charge in [-0.3, -0.25) is 9.59 Å². The predicted molar refractivity (Wildman–Crippen MR) is 124 cm³/mol. The molecule has 0 spiro atoms. The number of esters is 1. The van der Waals surface area contributed by atoms with Crippen LogP contribution in [0.3, 0.4) is 0 Å². The Morgan fingerprint density at radius 2 is 2.00 bits per heavy atom. The third-order valence-electron chi connectivity index (χ3n) is 5.55. The molecule has 0 bridgehead atoms. The highest BCUT2D eigenvalue weighted by Gasteiger charge is 2.39. The number of alkyl halides is 3. The van der Waals surface area contributed by atoms with Crippen LogP contribution < -0.4 is 4.74 Å². The minimum atomic E-state index is -4.49. The number of aliphatic hydroxyl groups is 2. The Kier molecular flexibility index (Phi) is 11.0. The number of unbranched alkanes of at least 4 members (excludes halogenated alkanes) is 1. The second-order valence-electron chi connectivity index (χ2n) is 8.85. The molecule has 1 fully saturated rings. The lowest BCUT2D eigenvalue weighted by Crippen LogP contribution is -2.20. The van der Waals surface area contributed by atoms with E-state index in [4.69, 9.17) is 9.47 Å². The van der Waals surface area contributed by atoms with Crippen LogP contribution in [0.25, 0.3) is 0 Å². The zero-order chi connectivity index (χ0) is 26.0. The topological polar surface area (TPSA) is 93.1 Å². The first kappa shape index (κ1) is 28.6. The van der Waals surface area contributed by atoms with Crippen LogP contribution in [0.2, 0.25) is 0 Å². The normalized spacial score (nSPS) is 21.8. The second-order valence-corrected chi connectivity index (χ2v) is 8.85. The molecule has 35 heavy (non-hydrogen) atoms. The van der Waals surface area contributed by atoms with Crippen molar-refractivity contribution in [2.75, 3.05) is 6.61 Å². The molecule has 194 valence electrons. The number of ketones is 1. The van der Waals surface area contributed by atoms with E-state index in [1.807, 2.05) is 12.2 Å². The molecule has 0 radical (unpaired) electrons. The van der Waals surface area contributed by atoms with Gasteiger partial charge in [-0.25, -0.2) is 0 Å². The molecule has 0 heterocycles. The second kappa shape index (κ2) is 13.4. The first-order valence-corrected chi connectivity index (χ1v) is 11.7. The van der Waals surface area contributed by atoms with Gasteiger partial charge in [0.25, 0.3) is 0 Å². The van der Waals surface area contributed by atoms with Crippen molar-refractivity contribution in [3.05, 3.63) is 54.1 Å². The molecular weight excluding hydrogens is 465 g/mol. The highest BCUT2D eigenvalue weighted by molar-refractivity contribution is 5.84. The van der Waals surface area contributed by atoms with Crippen LogP contribution >= 0.6 is 0 Å². The van der Waals surface area contributed by atoms with Gasteiger partial charge in [-0.05, 0) is 51.3 Å². The first-order chi connectivity index (χ1) is 16.5. The maximum atomic E-state index is 12.8. The molecule has 9 heteroatoms. The predicted octanol–water partition coefficient (Wildman–Crippen LogP) is 4.64. The molecular formula is C26H33F3O6. The fraction of sp³-hybridized carbons (Fsp3) is 0.538. The fourth-order valence-electron chi connectivity index (χ4n) is 3.83. The van der Waals surface area contributed by atoms with Crippen molar-refractivity contribution in [1.29, 1.82) is 0 Å². The third kappa shape index (κ3) is 9.85. The Morgan fingerprint density at radius 1 is 1.26 bits per heavy atom. The standard InChI is InChI=1S/C26H33F3O6/c1-17(2)35-25(33)11-6-4-3-5-10-21-22(24(32)15-23(21)31)13-12-19(30)16-34-20-9-7-8-18(14-20)26(27,28)29/h3,5,7-9,12-14,17,19,21-22,24,30,32H,4,6,10-11,15-16H2,1-2H3/t19-,21-,22-,24-/m1/s1. The van der Waals surface area contributed by atoms with Crippen molar-refractivity contribution in [3.63, 3.8) is 0 Å². The van der Waals surface area contributed by atoms with E-state index in [1.54, 1.807) is 19.9 Å². The zero-order valence-corrected chi connectivity index (χ0v) is 19.9. The zero-order valence-electron chi connectivity index (χ0n) is 19.9. The van der Waals surface area contributed by atoms with E-state index in [-0.39, 0.29) is 36.6 Å². The Labute approximate surface area is 203 Å². The van der Waals surface area contributed by atoms with Crippen LogP contribution in [0, 0.1) is 11.8 Å². The van der Waals surface area contributed by atoms with Gasteiger partial charge in [0.1, 0.15) is 24.2 Å². The summed E-state index contributed by atoms with van der Waals surface area (Å²) in [5.41, 5.74) is -0.848. The number of Topliss-reactive ketones (excluding diaryl/α,β-unsaturated/α-hetero) is 1. The molecule has 1 aromatic rings. The van der Waals surface area contributed by atoms with Crippen molar-refractivity contribution in [2.45, 2.75) is 70.4 Å². The largest absolute Gasteiger partial charge is 0.491 e. The number of carbonyl (C=O) groups is 2. The first-order valence-electron chi connectivity index (χ1n) is 11.7. The summed E-state index contributed by atoms with van der Waals surface area (Å²) in [6, 6.07) is 4.36. The van der Waals surface area contributed by atoms with Gasteiger partial charge in [-0.1, -0.05) is 30.4 Å². The van der Waals surface area contributed by atoms with Crippen LogP contribution in [0.4, 0.5) is 13.2 Å². The Balaban J connectivity index is 1.83. The number of benzene rings is 1. The van der Waals surface area contributed by atoms with E-state index >= 15 is 0 Å². The molecule has 1 aromatic carbocycles. The maximum absolute atomic E-state index is 12.8. The van der Waals surface area contributed by atoms with Crippen molar-refractivity contribution in [1.82, 2.24) is 0 Å². The molecule has 6 nitrogen and oxygen atoms in total. The van der Waals surface area contributed by atoms with Gasteiger partial charge in [-0.15, -0.1) is 0 Å². The van der Waals surface area contributed by atoms with Crippen molar-refractivity contribution < 1.29 is 42.4 Å². The smallest absolute Gasteiger partial charge is 0.416 e. The molecule has 1 aliphatic rings. The summed E-state index contributed by atoms with van der Waals surface area (Å²) in [7, 11) is 0. The lowest BCUT2D eigenvalue weighted by Gasteiger charge is -2.17.